The number of hydrogen-bond acceptors (Lipinski definition) is 5. The van der Waals surface area contributed by atoms with Gasteiger partial charge in [0, 0.05) is 0 Å². The van der Waals surface area contributed by atoms with E-state index < -0.39 is 5.97 Å². The summed E-state index contributed by atoms with van der Waals surface area (Å²) < 4.78 is 0. The Morgan fingerprint density at radius 3 is 2.72 bits per heavy atom. The molecule has 0 atom stereocenters. The lowest BCUT2D eigenvalue weighted by Crippen LogP contribution is -2.14. The largest absolute Gasteiger partial charge is 0.506 e. The Morgan fingerprint density at radius 2 is 2.17 bits per heavy atom. The number of nitrogens with zero attached hydrogens (tertiary/aromatic N) is 1. The zero-order chi connectivity index (χ0) is 13.5. The van der Waals surface area contributed by atoms with Crippen molar-refractivity contribution in [2.24, 2.45) is 0 Å². The standard InChI is InChI=1S/C11H10N2O4S/c12-3-4-18-6-10(15)13-8-2-1-7(11(16)17)5-9(8)14/h1-2,5,14H,4,6H2,(H,13,15)(H,16,17). The van der Waals surface area contributed by atoms with Gasteiger partial charge in [-0.1, -0.05) is 0 Å². The highest BCUT2D eigenvalue weighted by Crippen LogP contribution is 2.24. The number of amides is 1. The predicted octanol–water partition coefficient (Wildman–Crippen LogP) is 1.29. The second kappa shape index (κ2) is 6.51. The van der Waals surface area contributed by atoms with Gasteiger partial charge in [-0.2, -0.15) is 5.26 Å². The van der Waals surface area contributed by atoms with E-state index in [1.807, 2.05) is 6.07 Å². The van der Waals surface area contributed by atoms with Crippen LogP contribution in [-0.4, -0.2) is 33.6 Å². The summed E-state index contributed by atoms with van der Waals surface area (Å²) in [6.45, 7) is 0. The van der Waals surface area contributed by atoms with Crippen molar-refractivity contribution in [3.8, 4) is 11.8 Å². The number of phenolic OH excluding ortho intramolecular Hbond substituents is 1. The van der Waals surface area contributed by atoms with Crippen molar-refractivity contribution >= 4 is 29.3 Å². The monoisotopic (exact) mass is 266 g/mol. The van der Waals surface area contributed by atoms with Gasteiger partial charge in [0.2, 0.25) is 5.91 Å². The molecule has 0 radical (unpaired) electrons. The van der Waals surface area contributed by atoms with E-state index in [-0.39, 0.29) is 34.4 Å². The molecular formula is C11H10N2O4S. The normalized spacial score (nSPS) is 9.50. The first kappa shape index (κ1) is 13.9. The van der Waals surface area contributed by atoms with Crippen molar-refractivity contribution in [2.75, 3.05) is 16.8 Å². The van der Waals surface area contributed by atoms with Crippen molar-refractivity contribution in [1.29, 1.82) is 5.26 Å². The Kier molecular flexibility index (Phi) is 5.02. The molecule has 1 aromatic rings. The molecule has 7 heteroatoms. The van der Waals surface area contributed by atoms with Crippen LogP contribution in [0.25, 0.3) is 0 Å². The van der Waals surface area contributed by atoms with Crippen LogP contribution < -0.4 is 5.32 Å². The lowest BCUT2D eigenvalue weighted by Gasteiger charge is -2.07. The van der Waals surface area contributed by atoms with Crippen LogP contribution in [0.5, 0.6) is 5.75 Å². The van der Waals surface area contributed by atoms with E-state index in [0.29, 0.717) is 0 Å². The predicted molar refractivity (Wildman–Crippen MR) is 66.6 cm³/mol. The summed E-state index contributed by atoms with van der Waals surface area (Å²) in [5.41, 5.74) is 0.0758. The number of carboxylic acids is 1. The van der Waals surface area contributed by atoms with E-state index in [1.165, 1.54) is 12.1 Å². The van der Waals surface area contributed by atoms with Gasteiger partial charge in [-0.05, 0) is 18.2 Å². The molecule has 0 aliphatic heterocycles. The fourth-order valence-electron chi connectivity index (χ4n) is 1.15. The van der Waals surface area contributed by atoms with E-state index in [1.54, 1.807) is 0 Å². The molecule has 18 heavy (non-hydrogen) atoms. The fraction of sp³-hybridized carbons (Fsp3) is 0.182. The minimum Gasteiger partial charge on any atom is -0.506 e. The second-order valence-electron chi connectivity index (χ2n) is 3.24. The van der Waals surface area contributed by atoms with Crippen LogP contribution in [0.4, 0.5) is 5.69 Å². The van der Waals surface area contributed by atoms with E-state index in [9.17, 15) is 14.7 Å². The van der Waals surface area contributed by atoms with E-state index in [0.717, 1.165) is 17.8 Å². The zero-order valence-electron chi connectivity index (χ0n) is 9.21. The number of rotatable bonds is 5. The summed E-state index contributed by atoms with van der Waals surface area (Å²) in [7, 11) is 0. The molecule has 0 saturated carbocycles. The first-order valence-electron chi connectivity index (χ1n) is 4.85. The Balaban J connectivity index is 2.65. The summed E-state index contributed by atoms with van der Waals surface area (Å²) >= 11 is 1.15. The van der Waals surface area contributed by atoms with Crippen LogP contribution in [0.2, 0.25) is 0 Å². The number of carbonyl (C=O) groups is 2. The Hall–Kier alpha value is -2.20. The van der Waals surface area contributed by atoms with Gasteiger partial charge in [-0.3, -0.25) is 4.79 Å². The number of anilines is 1. The minimum atomic E-state index is -1.16. The third-order valence-electron chi connectivity index (χ3n) is 1.92. The van der Waals surface area contributed by atoms with Gasteiger partial charge < -0.3 is 15.5 Å². The molecule has 0 aliphatic carbocycles. The summed E-state index contributed by atoms with van der Waals surface area (Å²) in [4.78, 5) is 22.0. The Morgan fingerprint density at radius 1 is 1.44 bits per heavy atom. The summed E-state index contributed by atoms with van der Waals surface area (Å²) in [5, 5.41) is 28.9. The maximum absolute atomic E-state index is 11.4. The van der Waals surface area contributed by atoms with Crippen LogP contribution in [0.1, 0.15) is 10.4 Å². The molecule has 0 fully saturated rings. The van der Waals surface area contributed by atoms with E-state index >= 15 is 0 Å². The highest BCUT2D eigenvalue weighted by Gasteiger charge is 2.10. The highest BCUT2D eigenvalue weighted by molar-refractivity contribution is 8.00. The SMILES string of the molecule is N#CCSCC(=O)Nc1ccc(C(=O)O)cc1O. The van der Waals surface area contributed by atoms with Crippen molar-refractivity contribution in [2.45, 2.75) is 0 Å². The number of thioether (sulfide) groups is 1. The van der Waals surface area contributed by atoms with Gasteiger partial charge >= 0.3 is 5.97 Å². The number of phenols is 1. The van der Waals surface area contributed by atoms with Crippen LogP contribution >= 0.6 is 11.8 Å². The fourth-order valence-corrected chi connectivity index (χ4v) is 1.60. The number of aromatic carboxylic acids is 1. The first-order chi connectivity index (χ1) is 8.54. The van der Waals surface area contributed by atoms with Gasteiger partial charge in [0.05, 0.1) is 28.8 Å². The van der Waals surface area contributed by atoms with Crippen molar-refractivity contribution in [3.63, 3.8) is 0 Å². The average molecular weight is 266 g/mol. The molecule has 0 spiro atoms. The van der Waals surface area contributed by atoms with Crippen molar-refractivity contribution in [1.82, 2.24) is 0 Å². The molecule has 0 aromatic heterocycles. The summed E-state index contributed by atoms with van der Waals surface area (Å²) in [6.07, 6.45) is 0. The quantitative estimate of drug-likeness (QED) is 0.547. The van der Waals surface area contributed by atoms with Crippen molar-refractivity contribution in [3.05, 3.63) is 23.8 Å². The van der Waals surface area contributed by atoms with Gasteiger partial charge in [-0.25, -0.2) is 4.79 Å². The maximum Gasteiger partial charge on any atom is 0.335 e. The molecule has 0 unspecified atom stereocenters. The molecule has 0 heterocycles. The molecule has 0 bridgehead atoms. The van der Waals surface area contributed by atoms with Gasteiger partial charge in [0.1, 0.15) is 5.75 Å². The Bertz CT molecular complexity index is 510. The lowest BCUT2D eigenvalue weighted by molar-refractivity contribution is -0.113. The molecule has 94 valence electrons. The molecule has 6 nitrogen and oxygen atoms in total. The smallest absolute Gasteiger partial charge is 0.335 e. The molecule has 1 amide bonds. The number of aromatic hydroxyl groups is 1. The van der Waals surface area contributed by atoms with Crippen LogP contribution in [0.15, 0.2) is 18.2 Å². The molecule has 1 rings (SSSR count). The molecule has 0 saturated heterocycles. The molecular weight excluding hydrogens is 256 g/mol. The first-order valence-corrected chi connectivity index (χ1v) is 6.01. The van der Waals surface area contributed by atoms with Crippen LogP contribution in [-0.2, 0) is 4.79 Å². The summed E-state index contributed by atoms with van der Waals surface area (Å²) in [6, 6.07) is 5.53. The number of benzene rings is 1. The second-order valence-corrected chi connectivity index (χ2v) is 4.22. The van der Waals surface area contributed by atoms with Gasteiger partial charge in [0.25, 0.3) is 0 Å². The molecule has 1 aromatic carbocycles. The Labute approximate surface area is 107 Å². The lowest BCUT2D eigenvalue weighted by atomic mass is 10.2. The topological polar surface area (TPSA) is 110 Å². The number of nitrogens with one attached hydrogen (secondary N) is 1. The van der Waals surface area contributed by atoms with Crippen LogP contribution in [0.3, 0.4) is 0 Å². The van der Waals surface area contributed by atoms with Gasteiger partial charge in [-0.15, -0.1) is 11.8 Å². The minimum absolute atomic E-state index is 0.0654. The van der Waals surface area contributed by atoms with E-state index in [2.05, 4.69) is 5.32 Å². The number of nitriles is 1. The van der Waals surface area contributed by atoms with Crippen molar-refractivity contribution < 1.29 is 19.8 Å². The average Bonchev–Trinajstić information content (AvgIpc) is 2.32. The number of carbonyl (C=O) groups excluding carboxylic acids is 1. The number of carboxylic acid groups (broad SMARTS) is 1. The van der Waals surface area contributed by atoms with Gasteiger partial charge in [0.15, 0.2) is 0 Å². The molecule has 3 N–H and O–H groups in total. The molecule has 0 aliphatic rings. The van der Waals surface area contributed by atoms with Crippen LogP contribution in [0, 0.1) is 11.3 Å². The third-order valence-corrected chi connectivity index (χ3v) is 2.72. The van der Waals surface area contributed by atoms with E-state index in [4.69, 9.17) is 10.4 Å². The highest BCUT2D eigenvalue weighted by atomic mass is 32.2. The maximum atomic E-state index is 11.4. The zero-order valence-corrected chi connectivity index (χ0v) is 10.0. The summed E-state index contributed by atoms with van der Waals surface area (Å²) in [5.74, 6) is -1.54. The number of hydrogen-bond donors (Lipinski definition) is 3. The third kappa shape index (κ3) is 3.99.